The minimum absolute atomic E-state index is 0.0556. The van der Waals surface area contributed by atoms with Gasteiger partial charge in [0.1, 0.15) is 5.75 Å². The van der Waals surface area contributed by atoms with E-state index in [1.165, 1.54) is 12.1 Å². The van der Waals surface area contributed by atoms with Crippen molar-refractivity contribution in [3.63, 3.8) is 0 Å². The summed E-state index contributed by atoms with van der Waals surface area (Å²) in [6.07, 6.45) is -0.529. The number of anilines is 1. The minimum Gasteiger partial charge on any atom is -0.406 e. The molecule has 0 saturated heterocycles. The topological polar surface area (TPSA) is 71.9 Å². The molecule has 1 aliphatic rings. The number of hydrogen-bond acceptors (Lipinski definition) is 3. The Kier molecular flexibility index (Phi) is 7.06. The van der Waals surface area contributed by atoms with Crippen LogP contribution in [0.2, 0.25) is 0 Å². The van der Waals surface area contributed by atoms with E-state index < -0.39 is 6.36 Å². The molecule has 150 valence electrons. The van der Waals surface area contributed by atoms with Crippen LogP contribution in [0.25, 0.3) is 0 Å². The average molecular weight is 388 g/mol. The molecule has 27 heavy (non-hydrogen) atoms. The van der Waals surface area contributed by atoms with Gasteiger partial charge in [-0.05, 0) is 44.0 Å². The Hall–Kier alpha value is -2.29. The first kappa shape index (κ1) is 21.0. The second kappa shape index (κ2) is 9.07. The van der Waals surface area contributed by atoms with Crippen LogP contribution in [0.4, 0.5) is 18.9 Å². The van der Waals surface area contributed by atoms with Crippen LogP contribution in [0.5, 0.6) is 5.75 Å². The van der Waals surface area contributed by atoms with Crippen molar-refractivity contribution in [1.29, 1.82) is 0 Å². The maximum atomic E-state index is 12.3. The first-order valence-corrected chi connectivity index (χ1v) is 8.92. The summed E-state index contributed by atoms with van der Waals surface area (Å²) in [7, 11) is 1.75. The highest BCUT2D eigenvalue weighted by Gasteiger charge is 2.31. The smallest absolute Gasteiger partial charge is 0.406 e. The highest BCUT2D eigenvalue weighted by atomic mass is 19.4. The van der Waals surface area contributed by atoms with Crippen molar-refractivity contribution in [1.82, 2.24) is 5.32 Å². The Balaban J connectivity index is 1.80. The van der Waals surface area contributed by atoms with Gasteiger partial charge in [0.05, 0.1) is 7.05 Å². The molecule has 1 fully saturated rings. The van der Waals surface area contributed by atoms with Crippen LogP contribution in [0.3, 0.4) is 0 Å². The van der Waals surface area contributed by atoms with E-state index >= 15 is 0 Å². The molecule has 0 spiro atoms. The van der Waals surface area contributed by atoms with Crippen molar-refractivity contribution in [2.24, 2.45) is 0 Å². The fraction of sp³-hybridized carbons (Fsp3) is 0.556. The van der Waals surface area contributed by atoms with E-state index in [0.29, 0.717) is 5.69 Å². The first-order valence-electron chi connectivity index (χ1n) is 8.92. The second-order valence-corrected chi connectivity index (χ2v) is 6.86. The lowest BCUT2D eigenvalue weighted by Gasteiger charge is -2.22. The molecular weight excluding hydrogens is 363 g/mol. The standard InChI is InChI=1S/C18H24F3N3O3/c1-12(17(26)23-13-5-3-4-6-13)24(2)11-16(25)22-14-7-9-15(10-8-14)27-18(19,20)21/h7-10,12-13H,3-6,11H2,1-2H3,(H,22,25)(H,23,26)/p+1/t12-/m1/s1. The minimum atomic E-state index is -4.76. The number of alkyl halides is 3. The number of carbonyl (C=O) groups excluding carboxylic acids is 2. The lowest BCUT2D eigenvalue weighted by Crippen LogP contribution is -3.15. The summed E-state index contributed by atoms with van der Waals surface area (Å²) in [4.78, 5) is 25.1. The zero-order chi connectivity index (χ0) is 20.0. The van der Waals surface area contributed by atoms with Gasteiger partial charge in [-0.15, -0.1) is 13.2 Å². The van der Waals surface area contributed by atoms with Crippen molar-refractivity contribution in [2.45, 2.75) is 51.1 Å². The number of nitrogens with one attached hydrogen (secondary N) is 3. The van der Waals surface area contributed by atoms with Crippen molar-refractivity contribution < 1.29 is 32.4 Å². The highest BCUT2D eigenvalue weighted by molar-refractivity contribution is 5.91. The van der Waals surface area contributed by atoms with Crippen LogP contribution in [-0.2, 0) is 9.59 Å². The molecule has 1 aliphatic carbocycles. The molecule has 2 atom stereocenters. The van der Waals surface area contributed by atoms with E-state index in [-0.39, 0.29) is 36.2 Å². The molecule has 1 unspecified atom stereocenters. The van der Waals surface area contributed by atoms with E-state index in [4.69, 9.17) is 0 Å². The number of likely N-dealkylation sites (N-methyl/N-ethyl adjacent to an activating group) is 1. The van der Waals surface area contributed by atoms with Gasteiger partial charge in [0.2, 0.25) is 0 Å². The molecule has 3 N–H and O–H groups in total. The fourth-order valence-corrected chi connectivity index (χ4v) is 2.97. The number of quaternary nitrogens is 1. The van der Waals surface area contributed by atoms with E-state index in [1.807, 2.05) is 0 Å². The lowest BCUT2D eigenvalue weighted by atomic mass is 10.2. The Morgan fingerprint density at radius 3 is 2.37 bits per heavy atom. The Morgan fingerprint density at radius 2 is 1.81 bits per heavy atom. The maximum Gasteiger partial charge on any atom is 0.573 e. The summed E-state index contributed by atoms with van der Waals surface area (Å²) < 4.78 is 40.2. The number of benzene rings is 1. The van der Waals surface area contributed by atoms with Crippen molar-refractivity contribution in [2.75, 3.05) is 18.9 Å². The lowest BCUT2D eigenvalue weighted by molar-refractivity contribution is -0.885. The summed E-state index contributed by atoms with van der Waals surface area (Å²) >= 11 is 0. The molecule has 2 amide bonds. The van der Waals surface area contributed by atoms with Crippen LogP contribution in [0, 0.1) is 0 Å². The number of ether oxygens (including phenoxy) is 1. The Labute approximate surface area is 156 Å². The van der Waals surface area contributed by atoms with Gasteiger partial charge in [-0.2, -0.15) is 0 Å². The molecule has 0 aromatic heterocycles. The highest BCUT2D eigenvalue weighted by Crippen LogP contribution is 2.23. The zero-order valence-electron chi connectivity index (χ0n) is 15.4. The molecule has 0 heterocycles. The number of halogens is 3. The van der Waals surface area contributed by atoms with Crippen molar-refractivity contribution in [3.05, 3.63) is 24.3 Å². The van der Waals surface area contributed by atoms with Crippen LogP contribution >= 0.6 is 0 Å². The van der Waals surface area contributed by atoms with Crippen LogP contribution in [0.1, 0.15) is 32.6 Å². The molecular formula is C18H25F3N3O3+. The van der Waals surface area contributed by atoms with E-state index in [1.54, 1.807) is 14.0 Å². The molecule has 1 aromatic carbocycles. The molecule has 2 rings (SSSR count). The summed E-state index contributed by atoms with van der Waals surface area (Å²) in [5, 5.41) is 5.61. The summed E-state index contributed by atoms with van der Waals surface area (Å²) in [6, 6.07) is 4.72. The number of hydrogen-bond donors (Lipinski definition) is 3. The van der Waals surface area contributed by atoms with E-state index in [0.717, 1.165) is 42.7 Å². The third-order valence-corrected chi connectivity index (χ3v) is 4.65. The van der Waals surface area contributed by atoms with E-state index in [2.05, 4.69) is 15.4 Å². The van der Waals surface area contributed by atoms with Gasteiger partial charge in [-0.3, -0.25) is 9.59 Å². The third kappa shape index (κ3) is 7.09. The van der Waals surface area contributed by atoms with Crippen LogP contribution < -0.4 is 20.3 Å². The molecule has 1 aromatic rings. The normalized spacial score (nSPS) is 17.2. The van der Waals surface area contributed by atoms with Gasteiger partial charge in [0, 0.05) is 11.7 Å². The van der Waals surface area contributed by atoms with Gasteiger partial charge in [0.15, 0.2) is 12.6 Å². The van der Waals surface area contributed by atoms with Gasteiger partial charge < -0.3 is 20.3 Å². The van der Waals surface area contributed by atoms with Crippen LogP contribution in [0.15, 0.2) is 24.3 Å². The number of carbonyl (C=O) groups is 2. The van der Waals surface area contributed by atoms with Crippen molar-refractivity contribution in [3.8, 4) is 5.75 Å². The monoisotopic (exact) mass is 388 g/mol. The second-order valence-electron chi connectivity index (χ2n) is 6.86. The van der Waals surface area contributed by atoms with Crippen LogP contribution in [-0.4, -0.2) is 43.9 Å². The Bertz CT molecular complexity index is 643. The van der Waals surface area contributed by atoms with Gasteiger partial charge >= 0.3 is 6.36 Å². The summed E-state index contributed by atoms with van der Waals surface area (Å²) in [6.45, 7) is 1.82. The molecule has 6 nitrogen and oxygen atoms in total. The molecule has 9 heteroatoms. The fourth-order valence-electron chi connectivity index (χ4n) is 2.97. The number of amides is 2. The molecule has 0 bridgehead atoms. The molecule has 1 saturated carbocycles. The quantitative estimate of drug-likeness (QED) is 0.663. The molecule has 0 radical (unpaired) electrons. The zero-order valence-corrected chi connectivity index (χ0v) is 15.4. The summed E-state index contributed by atoms with van der Waals surface area (Å²) in [5.74, 6) is -0.779. The van der Waals surface area contributed by atoms with E-state index in [9.17, 15) is 22.8 Å². The predicted molar refractivity (Wildman–Crippen MR) is 93.4 cm³/mol. The van der Waals surface area contributed by atoms with Gasteiger partial charge in [-0.25, -0.2) is 0 Å². The third-order valence-electron chi connectivity index (χ3n) is 4.65. The average Bonchev–Trinajstić information content (AvgIpc) is 3.07. The predicted octanol–water partition coefficient (Wildman–Crippen LogP) is 1.49. The van der Waals surface area contributed by atoms with Crippen molar-refractivity contribution >= 4 is 17.5 Å². The van der Waals surface area contributed by atoms with Gasteiger partial charge in [0.25, 0.3) is 11.8 Å². The first-order chi connectivity index (χ1) is 12.6. The SMILES string of the molecule is C[C@H](C(=O)NC1CCCC1)[NH+](C)CC(=O)Nc1ccc(OC(F)(F)F)cc1. The Morgan fingerprint density at radius 1 is 1.22 bits per heavy atom. The maximum absolute atomic E-state index is 12.3. The largest absolute Gasteiger partial charge is 0.573 e. The van der Waals surface area contributed by atoms with Gasteiger partial charge in [-0.1, -0.05) is 12.8 Å². The number of rotatable bonds is 7. The summed E-state index contributed by atoms with van der Waals surface area (Å²) in [5.41, 5.74) is 0.352. The molecule has 0 aliphatic heterocycles.